The molecule has 10 heteroatoms. The van der Waals surface area contributed by atoms with Crippen LogP contribution in [0.15, 0.2) is 29.3 Å². The summed E-state index contributed by atoms with van der Waals surface area (Å²) in [5.74, 6) is 0.651. The number of carbonyl (C=O) groups excluding carboxylic acids is 1. The fourth-order valence-corrected chi connectivity index (χ4v) is 2.48. The molecule has 1 aromatic rings. The first kappa shape index (κ1) is 25.3. The molecule has 1 aliphatic rings. The lowest BCUT2D eigenvalue weighted by molar-refractivity contribution is -0.121. The Hall–Kier alpha value is -1.69. The summed E-state index contributed by atoms with van der Waals surface area (Å²) in [7, 11) is 0. The SMILES string of the molecule is CCNC(=NCC(O)c1ccc(OC(F)F)cc1)NCCCC(=O)NC1CC1.I. The van der Waals surface area contributed by atoms with E-state index < -0.39 is 12.7 Å². The van der Waals surface area contributed by atoms with E-state index in [-0.39, 0.29) is 42.2 Å². The highest BCUT2D eigenvalue weighted by Gasteiger charge is 2.22. The molecular weight excluding hydrogens is 497 g/mol. The fraction of sp³-hybridized carbons (Fsp3) is 0.579. The predicted octanol–water partition coefficient (Wildman–Crippen LogP) is 2.55. The Kier molecular flexibility index (Phi) is 11.8. The van der Waals surface area contributed by atoms with E-state index in [0.717, 1.165) is 12.8 Å². The highest BCUT2D eigenvalue weighted by Crippen LogP contribution is 2.20. The van der Waals surface area contributed by atoms with Crippen molar-refractivity contribution < 1.29 is 23.4 Å². The number of aliphatic imine (C=N–C) groups is 1. The molecule has 0 aromatic heterocycles. The monoisotopic (exact) mass is 526 g/mol. The molecule has 1 fully saturated rings. The number of nitrogens with one attached hydrogen (secondary N) is 3. The molecule has 1 amide bonds. The number of benzene rings is 1. The number of hydrogen-bond donors (Lipinski definition) is 4. The second kappa shape index (κ2) is 13.5. The summed E-state index contributed by atoms with van der Waals surface area (Å²) in [6.07, 6.45) is 2.41. The van der Waals surface area contributed by atoms with Crippen molar-refractivity contribution >= 4 is 35.8 Å². The van der Waals surface area contributed by atoms with Crippen molar-refractivity contribution in [2.24, 2.45) is 4.99 Å². The minimum absolute atomic E-state index is 0. The third kappa shape index (κ3) is 10.6. The van der Waals surface area contributed by atoms with Crippen LogP contribution in [0.4, 0.5) is 8.78 Å². The molecule has 164 valence electrons. The van der Waals surface area contributed by atoms with E-state index in [0.29, 0.717) is 43.5 Å². The molecule has 1 unspecified atom stereocenters. The number of aliphatic hydroxyl groups excluding tert-OH is 1. The molecule has 2 rings (SSSR count). The summed E-state index contributed by atoms with van der Waals surface area (Å²) >= 11 is 0. The molecule has 0 radical (unpaired) electrons. The lowest BCUT2D eigenvalue weighted by Gasteiger charge is -2.14. The first-order valence-electron chi connectivity index (χ1n) is 9.52. The van der Waals surface area contributed by atoms with Crippen LogP contribution in [0.2, 0.25) is 0 Å². The second-order valence-electron chi connectivity index (χ2n) is 6.56. The standard InChI is InChI=1S/C19H28F2N4O3.HI/c1-2-22-19(23-11-3-4-17(27)25-14-7-8-14)24-12-16(26)13-5-9-15(10-6-13)28-18(20)21;/h5-6,9-10,14,16,18,26H,2-4,7-8,11-12H2,1H3,(H,25,27)(H2,22,23,24);1H. The number of hydrogen-bond acceptors (Lipinski definition) is 4. The zero-order valence-corrected chi connectivity index (χ0v) is 18.7. The minimum Gasteiger partial charge on any atom is -0.435 e. The highest BCUT2D eigenvalue weighted by molar-refractivity contribution is 14.0. The Morgan fingerprint density at radius 2 is 1.97 bits per heavy atom. The molecule has 1 aromatic carbocycles. The van der Waals surface area contributed by atoms with Gasteiger partial charge in [-0.2, -0.15) is 8.78 Å². The third-order valence-corrected chi connectivity index (χ3v) is 4.07. The van der Waals surface area contributed by atoms with Crippen LogP contribution in [-0.4, -0.2) is 49.3 Å². The number of carbonyl (C=O) groups is 1. The predicted molar refractivity (Wildman–Crippen MR) is 118 cm³/mol. The number of ether oxygens (including phenoxy) is 1. The summed E-state index contributed by atoms with van der Waals surface area (Å²) < 4.78 is 28.6. The van der Waals surface area contributed by atoms with E-state index in [9.17, 15) is 18.7 Å². The molecule has 0 heterocycles. The third-order valence-electron chi connectivity index (χ3n) is 4.07. The zero-order valence-electron chi connectivity index (χ0n) is 16.4. The summed E-state index contributed by atoms with van der Waals surface area (Å²) in [6, 6.07) is 6.18. The van der Waals surface area contributed by atoms with Crippen molar-refractivity contribution in [1.29, 1.82) is 0 Å². The van der Waals surface area contributed by atoms with Crippen molar-refractivity contribution in [3.8, 4) is 5.75 Å². The smallest absolute Gasteiger partial charge is 0.387 e. The van der Waals surface area contributed by atoms with Crippen molar-refractivity contribution in [3.05, 3.63) is 29.8 Å². The Bertz CT molecular complexity index is 643. The number of alkyl halides is 2. The number of guanidine groups is 1. The van der Waals surface area contributed by atoms with Crippen LogP contribution in [0.1, 0.15) is 44.3 Å². The van der Waals surface area contributed by atoms with Crippen molar-refractivity contribution in [2.75, 3.05) is 19.6 Å². The summed E-state index contributed by atoms with van der Waals surface area (Å²) in [4.78, 5) is 16.0. The number of rotatable bonds is 11. The van der Waals surface area contributed by atoms with Gasteiger partial charge in [0.25, 0.3) is 0 Å². The molecule has 1 saturated carbocycles. The quantitative estimate of drug-likeness (QED) is 0.154. The second-order valence-corrected chi connectivity index (χ2v) is 6.56. The van der Waals surface area contributed by atoms with Gasteiger partial charge < -0.3 is 25.8 Å². The van der Waals surface area contributed by atoms with Crippen LogP contribution < -0.4 is 20.7 Å². The van der Waals surface area contributed by atoms with Crippen LogP contribution in [0.5, 0.6) is 5.75 Å². The van der Waals surface area contributed by atoms with E-state index >= 15 is 0 Å². The maximum Gasteiger partial charge on any atom is 0.387 e. The summed E-state index contributed by atoms with van der Waals surface area (Å²) in [5.41, 5.74) is 0.554. The van der Waals surface area contributed by atoms with Gasteiger partial charge in [-0.05, 0) is 43.9 Å². The van der Waals surface area contributed by atoms with E-state index in [1.165, 1.54) is 24.3 Å². The summed E-state index contributed by atoms with van der Waals surface area (Å²) in [6.45, 7) is 0.392. The van der Waals surface area contributed by atoms with Gasteiger partial charge in [0.2, 0.25) is 5.91 Å². The van der Waals surface area contributed by atoms with Crippen LogP contribution in [-0.2, 0) is 4.79 Å². The van der Waals surface area contributed by atoms with Gasteiger partial charge in [0.1, 0.15) is 5.75 Å². The van der Waals surface area contributed by atoms with Gasteiger partial charge in [-0.15, -0.1) is 24.0 Å². The number of amides is 1. The largest absolute Gasteiger partial charge is 0.435 e. The average molecular weight is 526 g/mol. The van der Waals surface area contributed by atoms with E-state index in [1.54, 1.807) is 0 Å². The molecule has 0 aliphatic heterocycles. The zero-order chi connectivity index (χ0) is 20.4. The van der Waals surface area contributed by atoms with Crippen LogP contribution >= 0.6 is 24.0 Å². The Labute approximate surface area is 186 Å². The van der Waals surface area contributed by atoms with E-state index in [4.69, 9.17) is 0 Å². The van der Waals surface area contributed by atoms with Gasteiger partial charge in [0.05, 0.1) is 12.6 Å². The molecule has 0 bridgehead atoms. The van der Waals surface area contributed by atoms with Crippen LogP contribution in [0.3, 0.4) is 0 Å². The van der Waals surface area contributed by atoms with Gasteiger partial charge in [0, 0.05) is 25.6 Å². The maximum atomic E-state index is 12.2. The van der Waals surface area contributed by atoms with Gasteiger partial charge in [-0.25, -0.2) is 0 Å². The summed E-state index contributed by atoms with van der Waals surface area (Å²) in [5, 5.41) is 19.4. The molecule has 1 aliphatic carbocycles. The maximum absolute atomic E-state index is 12.2. The molecule has 0 saturated heterocycles. The van der Waals surface area contributed by atoms with Crippen molar-refractivity contribution in [3.63, 3.8) is 0 Å². The topological polar surface area (TPSA) is 95.0 Å². The lowest BCUT2D eigenvalue weighted by atomic mass is 10.1. The molecule has 29 heavy (non-hydrogen) atoms. The van der Waals surface area contributed by atoms with E-state index in [2.05, 4.69) is 25.7 Å². The Morgan fingerprint density at radius 1 is 1.28 bits per heavy atom. The number of aliphatic hydroxyl groups is 1. The lowest BCUT2D eigenvalue weighted by Crippen LogP contribution is -2.38. The number of halogens is 3. The van der Waals surface area contributed by atoms with Gasteiger partial charge in [0.15, 0.2) is 5.96 Å². The Morgan fingerprint density at radius 3 is 2.55 bits per heavy atom. The van der Waals surface area contributed by atoms with Gasteiger partial charge >= 0.3 is 6.61 Å². The van der Waals surface area contributed by atoms with Crippen molar-refractivity contribution in [1.82, 2.24) is 16.0 Å². The first-order chi connectivity index (χ1) is 13.5. The fourth-order valence-electron chi connectivity index (χ4n) is 2.48. The molecule has 7 nitrogen and oxygen atoms in total. The Balaban J connectivity index is 0.00000420. The van der Waals surface area contributed by atoms with Crippen LogP contribution in [0.25, 0.3) is 0 Å². The van der Waals surface area contributed by atoms with Crippen LogP contribution in [0, 0.1) is 0 Å². The highest BCUT2D eigenvalue weighted by atomic mass is 127. The first-order valence-corrected chi connectivity index (χ1v) is 9.52. The molecule has 0 spiro atoms. The normalized spacial score (nSPS) is 14.7. The minimum atomic E-state index is -2.88. The molecule has 4 N–H and O–H groups in total. The molecule has 1 atom stereocenters. The van der Waals surface area contributed by atoms with Crippen molar-refractivity contribution in [2.45, 2.75) is 51.4 Å². The van der Waals surface area contributed by atoms with E-state index in [1.807, 2.05) is 6.92 Å². The number of nitrogens with zero attached hydrogens (tertiary/aromatic N) is 1. The van der Waals surface area contributed by atoms with Gasteiger partial charge in [-0.3, -0.25) is 9.79 Å². The average Bonchev–Trinajstić information content (AvgIpc) is 3.47. The van der Waals surface area contributed by atoms with Gasteiger partial charge in [-0.1, -0.05) is 12.1 Å². The molecular formula is C19H29F2IN4O3.